The molecule has 1 aromatic carbocycles. The number of carboxylic acid groups (broad SMARTS) is 1. The number of methoxy groups -OCH3 is 1. The minimum atomic E-state index is -4.78. The Morgan fingerprint density at radius 3 is 2.43 bits per heavy atom. The molecule has 0 aliphatic heterocycles. The van der Waals surface area contributed by atoms with Gasteiger partial charge in [0.05, 0.1) is 34.1 Å². The molecule has 2 atom stereocenters. The number of halogens is 3. The first kappa shape index (κ1) is 26.5. The number of benzene rings is 1. The summed E-state index contributed by atoms with van der Waals surface area (Å²) in [6, 6.07) is 5.22. The van der Waals surface area contributed by atoms with Gasteiger partial charge >= 0.3 is 12.3 Å². The summed E-state index contributed by atoms with van der Waals surface area (Å²) in [6.45, 7) is 0. The molecule has 9 nitrogen and oxygen atoms in total. The lowest BCUT2D eigenvalue weighted by molar-refractivity contribution is -0.139. The first-order chi connectivity index (χ1) is 16.3. The van der Waals surface area contributed by atoms with Gasteiger partial charge in [-0.25, -0.2) is 13.2 Å². The highest BCUT2D eigenvalue weighted by atomic mass is 32.2. The van der Waals surface area contributed by atoms with E-state index in [1.807, 2.05) is 6.07 Å². The lowest BCUT2D eigenvalue weighted by Gasteiger charge is -2.18. The first-order valence-electron chi connectivity index (χ1n) is 10.7. The molecule has 4 rings (SSSR count). The van der Waals surface area contributed by atoms with Crippen LogP contribution in [0.25, 0.3) is 11.1 Å². The van der Waals surface area contributed by atoms with E-state index in [0.29, 0.717) is 31.2 Å². The third-order valence-corrected chi connectivity index (χ3v) is 8.32. The van der Waals surface area contributed by atoms with Crippen LogP contribution >= 0.6 is 0 Å². The summed E-state index contributed by atoms with van der Waals surface area (Å²) in [5.41, 5.74) is -1.11. The molecule has 2 aliphatic carbocycles. The van der Waals surface area contributed by atoms with Crippen molar-refractivity contribution in [1.82, 2.24) is 15.1 Å². The zero-order valence-corrected chi connectivity index (χ0v) is 19.9. The maximum Gasteiger partial charge on any atom is 0.417 e. The number of aromatic nitrogens is 2. The molecule has 2 fully saturated rings. The van der Waals surface area contributed by atoms with E-state index in [0.717, 1.165) is 12.1 Å². The largest absolute Gasteiger partial charge is 0.465 e. The summed E-state index contributed by atoms with van der Waals surface area (Å²) in [5.74, 6) is 0. The minimum absolute atomic E-state index is 0.209. The lowest BCUT2D eigenvalue weighted by Crippen LogP contribution is -2.33. The van der Waals surface area contributed by atoms with Crippen molar-refractivity contribution in [3.05, 3.63) is 36.2 Å². The van der Waals surface area contributed by atoms with E-state index in [1.54, 1.807) is 13.2 Å². The molecule has 35 heavy (non-hydrogen) atoms. The molecule has 1 aromatic heterocycles. The SMILES string of the molecule is CO[C@@H]1CC[C@@H](S(=O)(=O)c2ccc(-c3cnn(C)c3)cc2C(F)(F)F)C1.N#CC1(NC(=O)O)CC1. The summed E-state index contributed by atoms with van der Waals surface area (Å²) in [6.07, 6.45) is -0.801. The zero-order valence-electron chi connectivity index (χ0n) is 19.0. The molecule has 0 radical (unpaired) electrons. The van der Waals surface area contributed by atoms with Crippen LogP contribution < -0.4 is 5.32 Å². The van der Waals surface area contributed by atoms with Crippen molar-refractivity contribution < 1.29 is 36.2 Å². The number of ether oxygens (including phenoxy) is 1. The van der Waals surface area contributed by atoms with Crippen LogP contribution in [-0.4, -0.2) is 53.4 Å². The van der Waals surface area contributed by atoms with Gasteiger partial charge in [-0.15, -0.1) is 0 Å². The van der Waals surface area contributed by atoms with E-state index in [4.69, 9.17) is 15.1 Å². The molecule has 0 saturated heterocycles. The van der Waals surface area contributed by atoms with Crippen molar-refractivity contribution in [3.8, 4) is 17.2 Å². The van der Waals surface area contributed by atoms with Crippen LogP contribution in [0.15, 0.2) is 35.5 Å². The smallest absolute Gasteiger partial charge is 0.417 e. The summed E-state index contributed by atoms with van der Waals surface area (Å²) < 4.78 is 73.1. The van der Waals surface area contributed by atoms with Crippen LogP contribution in [0.5, 0.6) is 0 Å². The predicted octanol–water partition coefficient (Wildman–Crippen LogP) is 3.76. The molecule has 2 saturated carbocycles. The van der Waals surface area contributed by atoms with Gasteiger partial charge in [0.25, 0.3) is 0 Å². The van der Waals surface area contributed by atoms with Gasteiger partial charge in [-0.05, 0) is 49.8 Å². The summed E-state index contributed by atoms with van der Waals surface area (Å²) in [4.78, 5) is 9.28. The van der Waals surface area contributed by atoms with Crippen LogP contribution in [0.2, 0.25) is 0 Å². The molecule has 13 heteroatoms. The Morgan fingerprint density at radius 2 is 2.00 bits per heavy atom. The molecule has 0 spiro atoms. The maximum absolute atomic E-state index is 13.6. The number of rotatable bonds is 5. The molecule has 190 valence electrons. The highest BCUT2D eigenvalue weighted by Crippen LogP contribution is 2.40. The molecule has 2 aromatic rings. The number of carbonyl (C=O) groups is 1. The van der Waals surface area contributed by atoms with E-state index >= 15 is 0 Å². The van der Waals surface area contributed by atoms with Crippen LogP contribution in [0.3, 0.4) is 0 Å². The number of amides is 1. The number of nitrogens with one attached hydrogen (secondary N) is 1. The van der Waals surface area contributed by atoms with Gasteiger partial charge in [-0.1, -0.05) is 6.07 Å². The van der Waals surface area contributed by atoms with Crippen molar-refractivity contribution in [2.24, 2.45) is 7.05 Å². The Morgan fingerprint density at radius 1 is 1.31 bits per heavy atom. The fourth-order valence-corrected chi connectivity index (χ4v) is 5.93. The molecular weight excluding hydrogens is 489 g/mol. The quantitative estimate of drug-likeness (QED) is 0.620. The van der Waals surface area contributed by atoms with Gasteiger partial charge in [0.15, 0.2) is 9.84 Å². The third-order valence-electron chi connectivity index (χ3n) is 6.05. The van der Waals surface area contributed by atoms with Crippen LogP contribution in [0, 0.1) is 11.3 Å². The fourth-order valence-electron chi connectivity index (χ4n) is 3.92. The predicted molar refractivity (Wildman–Crippen MR) is 118 cm³/mol. The standard InChI is InChI=1S/C17H19F3N2O3S.C5H6N2O2/c1-22-10-12(9-21-22)11-3-6-16(15(7-11)17(18,19)20)26(23,24)14-5-4-13(8-14)25-2;6-3-5(1-2-5)7-4(8)9/h3,6-7,9-10,13-14H,4-5,8H2,1-2H3;7H,1-2H2,(H,8,9)/t13-,14-;/m1./s1. The average Bonchev–Trinajstić information content (AvgIpc) is 3.18. The molecule has 0 bridgehead atoms. The second-order valence-electron chi connectivity index (χ2n) is 8.57. The number of nitriles is 1. The second-order valence-corrected chi connectivity index (χ2v) is 10.8. The van der Waals surface area contributed by atoms with Gasteiger partial charge in [0, 0.05) is 25.9 Å². The second kappa shape index (κ2) is 9.87. The fraction of sp³-hybridized carbons (Fsp3) is 0.500. The number of sulfone groups is 1. The van der Waals surface area contributed by atoms with Crippen molar-refractivity contribution >= 4 is 15.9 Å². The monoisotopic (exact) mass is 514 g/mol. The third kappa shape index (κ3) is 6.12. The van der Waals surface area contributed by atoms with Gasteiger partial charge in [0.2, 0.25) is 0 Å². The Hall–Kier alpha value is -3.11. The Bertz CT molecular complexity index is 1230. The highest BCUT2D eigenvalue weighted by Gasteiger charge is 2.45. The van der Waals surface area contributed by atoms with Gasteiger partial charge in [0.1, 0.15) is 5.54 Å². The number of hydrogen-bond acceptors (Lipinski definition) is 6. The molecule has 2 N–H and O–H groups in total. The Kier molecular flexibility index (Phi) is 7.47. The lowest BCUT2D eigenvalue weighted by atomic mass is 10.1. The summed E-state index contributed by atoms with van der Waals surface area (Å²) in [5, 5.41) is 21.7. The molecule has 2 aliphatic rings. The maximum atomic E-state index is 13.6. The van der Waals surface area contributed by atoms with E-state index in [2.05, 4.69) is 10.4 Å². The topological polar surface area (TPSA) is 134 Å². The van der Waals surface area contributed by atoms with E-state index in [1.165, 1.54) is 24.1 Å². The zero-order chi connectivity index (χ0) is 26.0. The summed E-state index contributed by atoms with van der Waals surface area (Å²) in [7, 11) is -0.982. The molecular formula is C22H25F3N4O5S. The number of alkyl halides is 3. The van der Waals surface area contributed by atoms with Crippen molar-refractivity contribution in [2.75, 3.05) is 7.11 Å². The van der Waals surface area contributed by atoms with Crippen molar-refractivity contribution in [1.29, 1.82) is 5.26 Å². The first-order valence-corrected chi connectivity index (χ1v) is 12.3. The Balaban J connectivity index is 0.000000320. The van der Waals surface area contributed by atoms with E-state index < -0.39 is 43.4 Å². The van der Waals surface area contributed by atoms with Crippen LogP contribution in [0.1, 0.15) is 37.7 Å². The van der Waals surface area contributed by atoms with Crippen molar-refractivity contribution in [3.63, 3.8) is 0 Å². The van der Waals surface area contributed by atoms with E-state index in [-0.39, 0.29) is 18.1 Å². The molecule has 1 amide bonds. The van der Waals surface area contributed by atoms with E-state index in [9.17, 15) is 26.4 Å². The average molecular weight is 515 g/mol. The number of aryl methyl sites for hydroxylation is 1. The minimum Gasteiger partial charge on any atom is -0.465 e. The molecule has 0 unspecified atom stereocenters. The normalized spacial score (nSPS) is 20.9. The number of hydrogen-bond donors (Lipinski definition) is 2. The van der Waals surface area contributed by atoms with Crippen molar-refractivity contribution in [2.45, 2.75) is 60.1 Å². The molecule has 1 heterocycles. The highest BCUT2D eigenvalue weighted by molar-refractivity contribution is 7.92. The van der Waals surface area contributed by atoms with Gasteiger partial charge < -0.3 is 15.2 Å². The van der Waals surface area contributed by atoms with Crippen LogP contribution in [-0.2, 0) is 27.8 Å². The van der Waals surface area contributed by atoms with Gasteiger partial charge in [-0.3, -0.25) is 4.68 Å². The van der Waals surface area contributed by atoms with Gasteiger partial charge in [-0.2, -0.15) is 23.5 Å². The Labute approximate surface area is 200 Å². The number of nitrogens with zero attached hydrogens (tertiary/aromatic N) is 3. The summed E-state index contributed by atoms with van der Waals surface area (Å²) >= 11 is 0. The van der Waals surface area contributed by atoms with Crippen LogP contribution in [0.4, 0.5) is 18.0 Å².